The van der Waals surface area contributed by atoms with Crippen LogP contribution in [0.2, 0.25) is 0 Å². The molecule has 1 saturated carbocycles. The largest absolute Gasteiger partial charge is 0.481 e. The van der Waals surface area contributed by atoms with E-state index in [0.717, 1.165) is 38.5 Å². The second-order valence-corrected chi connectivity index (χ2v) is 6.89. The summed E-state index contributed by atoms with van der Waals surface area (Å²) in [7, 11) is 0. The highest BCUT2D eigenvalue weighted by Gasteiger charge is 2.43. The number of carboxylic acids is 1. The van der Waals surface area contributed by atoms with Gasteiger partial charge in [-0.15, -0.1) is 11.8 Å². The summed E-state index contributed by atoms with van der Waals surface area (Å²) in [5.74, 6) is -0.573. The molecule has 18 heavy (non-hydrogen) atoms. The van der Waals surface area contributed by atoms with E-state index < -0.39 is 11.4 Å². The van der Waals surface area contributed by atoms with E-state index in [1.54, 1.807) is 0 Å². The standard InChI is InChI=1S/C15H18O2S/c16-14(17)15(7-3-4-8-15)10-12-9-11-5-1-2-6-13(11)18-12/h1-2,5-6,12H,3-4,7-10H2,(H,16,17). The molecule has 1 aliphatic carbocycles. The third-order valence-corrected chi connectivity index (χ3v) is 5.67. The molecule has 0 saturated heterocycles. The molecule has 1 N–H and O–H groups in total. The predicted octanol–water partition coefficient (Wildman–Crippen LogP) is 3.74. The van der Waals surface area contributed by atoms with Gasteiger partial charge in [0, 0.05) is 10.1 Å². The summed E-state index contributed by atoms with van der Waals surface area (Å²) in [4.78, 5) is 12.9. The molecule has 96 valence electrons. The molecule has 3 rings (SSSR count). The van der Waals surface area contributed by atoms with Crippen LogP contribution >= 0.6 is 11.8 Å². The number of hydrogen-bond acceptors (Lipinski definition) is 2. The first-order valence-electron chi connectivity index (χ1n) is 6.68. The molecule has 1 aromatic rings. The number of fused-ring (bicyclic) bond motifs is 1. The topological polar surface area (TPSA) is 37.3 Å². The van der Waals surface area contributed by atoms with E-state index in [9.17, 15) is 9.90 Å². The number of benzene rings is 1. The van der Waals surface area contributed by atoms with Crippen LogP contribution in [0.15, 0.2) is 29.2 Å². The van der Waals surface area contributed by atoms with Gasteiger partial charge in [-0.3, -0.25) is 4.79 Å². The van der Waals surface area contributed by atoms with Crippen LogP contribution in [0.3, 0.4) is 0 Å². The smallest absolute Gasteiger partial charge is 0.309 e. The first kappa shape index (κ1) is 12.1. The summed E-state index contributed by atoms with van der Waals surface area (Å²) < 4.78 is 0. The molecule has 0 spiro atoms. The van der Waals surface area contributed by atoms with Gasteiger partial charge in [0.2, 0.25) is 0 Å². The number of hydrogen-bond donors (Lipinski definition) is 1. The van der Waals surface area contributed by atoms with Crippen LogP contribution in [0.1, 0.15) is 37.7 Å². The number of carboxylic acid groups (broad SMARTS) is 1. The molecule has 0 bridgehead atoms. The minimum absolute atomic E-state index is 0.431. The highest BCUT2D eigenvalue weighted by atomic mass is 32.2. The average Bonchev–Trinajstić information content (AvgIpc) is 2.95. The van der Waals surface area contributed by atoms with E-state index in [1.807, 2.05) is 11.8 Å². The van der Waals surface area contributed by atoms with Gasteiger partial charge in [-0.2, -0.15) is 0 Å². The molecule has 1 unspecified atom stereocenters. The van der Waals surface area contributed by atoms with E-state index in [4.69, 9.17) is 0 Å². The fourth-order valence-electron chi connectivity index (χ4n) is 3.36. The molecule has 0 radical (unpaired) electrons. The van der Waals surface area contributed by atoms with Crippen molar-refractivity contribution in [3.05, 3.63) is 29.8 Å². The monoisotopic (exact) mass is 262 g/mol. The lowest BCUT2D eigenvalue weighted by Gasteiger charge is -2.26. The van der Waals surface area contributed by atoms with Crippen LogP contribution in [0, 0.1) is 5.41 Å². The Balaban J connectivity index is 1.73. The maximum absolute atomic E-state index is 11.6. The van der Waals surface area contributed by atoms with Crippen molar-refractivity contribution in [3.63, 3.8) is 0 Å². The lowest BCUT2D eigenvalue weighted by atomic mass is 9.80. The Kier molecular flexibility index (Phi) is 3.10. The van der Waals surface area contributed by atoms with Gasteiger partial charge in [0.15, 0.2) is 0 Å². The van der Waals surface area contributed by atoms with Crippen molar-refractivity contribution in [2.75, 3.05) is 0 Å². The van der Waals surface area contributed by atoms with Crippen molar-refractivity contribution in [1.82, 2.24) is 0 Å². The zero-order valence-electron chi connectivity index (χ0n) is 10.4. The summed E-state index contributed by atoms with van der Waals surface area (Å²) in [6.07, 6.45) is 5.77. The molecule has 3 heteroatoms. The number of aliphatic carboxylic acids is 1. The minimum atomic E-state index is -0.573. The van der Waals surface area contributed by atoms with Gasteiger partial charge < -0.3 is 5.11 Å². The molecular formula is C15H18O2S. The molecular weight excluding hydrogens is 244 g/mol. The summed E-state index contributed by atoms with van der Waals surface area (Å²) >= 11 is 1.88. The van der Waals surface area contributed by atoms with E-state index >= 15 is 0 Å². The average molecular weight is 262 g/mol. The third-order valence-electron chi connectivity index (χ3n) is 4.35. The lowest BCUT2D eigenvalue weighted by Crippen LogP contribution is -2.31. The summed E-state index contributed by atoms with van der Waals surface area (Å²) in [6.45, 7) is 0. The van der Waals surface area contributed by atoms with Gasteiger partial charge in [0.05, 0.1) is 5.41 Å². The second kappa shape index (κ2) is 4.61. The molecule has 1 atom stereocenters. The quantitative estimate of drug-likeness (QED) is 0.901. The Morgan fingerprint density at radius 3 is 2.72 bits per heavy atom. The third kappa shape index (κ3) is 2.05. The fourth-order valence-corrected chi connectivity index (χ4v) is 4.84. The van der Waals surface area contributed by atoms with Crippen molar-refractivity contribution in [3.8, 4) is 0 Å². The van der Waals surface area contributed by atoms with Gasteiger partial charge in [-0.05, 0) is 37.3 Å². The van der Waals surface area contributed by atoms with E-state index in [-0.39, 0.29) is 0 Å². The van der Waals surface area contributed by atoms with Crippen LogP contribution in [0.5, 0.6) is 0 Å². The minimum Gasteiger partial charge on any atom is -0.481 e. The van der Waals surface area contributed by atoms with Gasteiger partial charge in [0.1, 0.15) is 0 Å². The highest BCUT2D eigenvalue weighted by Crippen LogP contribution is 2.48. The Morgan fingerprint density at radius 2 is 2.06 bits per heavy atom. The Labute approximate surface area is 112 Å². The molecule has 0 aromatic heterocycles. The SMILES string of the molecule is O=C(O)C1(CC2Cc3ccccc3S2)CCCC1. The first-order chi connectivity index (χ1) is 8.70. The van der Waals surface area contributed by atoms with Gasteiger partial charge in [-0.25, -0.2) is 0 Å². The van der Waals surface area contributed by atoms with Gasteiger partial charge in [-0.1, -0.05) is 31.0 Å². The molecule has 1 fully saturated rings. The van der Waals surface area contributed by atoms with Crippen LogP contribution < -0.4 is 0 Å². The van der Waals surface area contributed by atoms with Crippen LogP contribution in [0.25, 0.3) is 0 Å². The molecule has 1 aliphatic heterocycles. The Morgan fingerprint density at radius 1 is 1.33 bits per heavy atom. The fraction of sp³-hybridized carbons (Fsp3) is 0.533. The van der Waals surface area contributed by atoms with Crippen molar-refractivity contribution in [2.45, 2.75) is 48.7 Å². The lowest BCUT2D eigenvalue weighted by molar-refractivity contribution is -0.149. The number of thioether (sulfide) groups is 1. The van der Waals surface area contributed by atoms with Crippen molar-refractivity contribution in [1.29, 1.82) is 0 Å². The van der Waals surface area contributed by atoms with Crippen LogP contribution in [-0.4, -0.2) is 16.3 Å². The predicted molar refractivity (Wildman–Crippen MR) is 72.9 cm³/mol. The van der Waals surface area contributed by atoms with Crippen molar-refractivity contribution in [2.24, 2.45) is 5.41 Å². The highest BCUT2D eigenvalue weighted by molar-refractivity contribution is 8.00. The van der Waals surface area contributed by atoms with Gasteiger partial charge in [0.25, 0.3) is 0 Å². The van der Waals surface area contributed by atoms with E-state index in [0.29, 0.717) is 5.25 Å². The maximum atomic E-state index is 11.6. The molecule has 1 aromatic carbocycles. The zero-order chi connectivity index (χ0) is 12.6. The first-order valence-corrected chi connectivity index (χ1v) is 7.56. The van der Waals surface area contributed by atoms with Crippen LogP contribution in [-0.2, 0) is 11.2 Å². The number of carbonyl (C=O) groups is 1. The zero-order valence-corrected chi connectivity index (χ0v) is 11.2. The summed E-state index contributed by atoms with van der Waals surface area (Å²) in [5.41, 5.74) is 0.964. The number of rotatable bonds is 3. The van der Waals surface area contributed by atoms with Crippen LogP contribution in [0.4, 0.5) is 0 Å². The van der Waals surface area contributed by atoms with Crippen molar-refractivity contribution < 1.29 is 9.90 Å². The second-order valence-electron chi connectivity index (χ2n) is 5.55. The molecule has 0 amide bonds. The Bertz CT molecular complexity index is 438. The summed E-state index contributed by atoms with van der Waals surface area (Å²) in [6, 6.07) is 8.47. The molecule has 2 aliphatic rings. The maximum Gasteiger partial charge on any atom is 0.309 e. The van der Waals surface area contributed by atoms with E-state index in [2.05, 4.69) is 24.3 Å². The van der Waals surface area contributed by atoms with Crippen molar-refractivity contribution >= 4 is 17.7 Å². The molecule has 1 heterocycles. The van der Waals surface area contributed by atoms with E-state index in [1.165, 1.54) is 10.5 Å². The normalized spacial score (nSPS) is 25.0. The Hall–Kier alpha value is -0.960. The van der Waals surface area contributed by atoms with Gasteiger partial charge >= 0.3 is 5.97 Å². The molecule has 2 nitrogen and oxygen atoms in total. The summed E-state index contributed by atoms with van der Waals surface area (Å²) in [5, 5.41) is 9.99.